The second-order valence-corrected chi connectivity index (χ2v) is 4.51. The fourth-order valence-electron chi connectivity index (χ4n) is 1.55. The maximum atomic E-state index is 10.5. The molecule has 6 nitrogen and oxygen atoms in total. The molecule has 0 unspecified atom stereocenters. The third kappa shape index (κ3) is 6.73. The molecule has 0 saturated heterocycles. The highest BCUT2D eigenvalue weighted by Gasteiger charge is 2.03. The molecule has 0 bridgehead atoms. The highest BCUT2D eigenvalue weighted by Crippen LogP contribution is 2.16. The zero-order valence-corrected chi connectivity index (χ0v) is 11.5. The summed E-state index contributed by atoms with van der Waals surface area (Å²) in [5.74, 6) is 0.653. The number of nitro benzene ring substituents is 1. The number of benzene rings is 1. The molecule has 106 valence electrons. The Morgan fingerprint density at radius 2 is 1.95 bits per heavy atom. The monoisotopic (exact) mass is 267 g/mol. The maximum Gasteiger partial charge on any atom is 0.269 e. The molecule has 0 amide bonds. The van der Waals surface area contributed by atoms with E-state index in [0.29, 0.717) is 12.4 Å². The van der Waals surface area contributed by atoms with Crippen LogP contribution in [0, 0.1) is 10.1 Å². The summed E-state index contributed by atoms with van der Waals surface area (Å²) in [5.41, 5.74) is 0.0779. The fourth-order valence-corrected chi connectivity index (χ4v) is 1.55. The fraction of sp³-hybridized carbons (Fsp3) is 0.538. The lowest BCUT2D eigenvalue weighted by Gasteiger charge is -2.10. The van der Waals surface area contributed by atoms with Crippen LogP contribution in [-0.2, 0) is 0 Å². The van der Waals surface area contributed by atoms with Crippen molar-refractivity contribution in [3.8, 4) is 5.75 Å². The van der Waals surface area contributed by atoms with Gasteiger partial charge in [-0.3, -0.25) is 10.1 Å². The van der Waals surface area contributed by atoms with E-state index in [4.69, 9.17) is 4.74 Å². The molecule has 0 aliphatic rings. The van der Waals surface area contributed by atoms with Crippen LogP contribution in [0.5, 0.6) is 5.75 Å². The van der Waals surface area contributed by atoms with Gasteiger partial charge in [-0.25, -0.2) is 0 Å². The summed E-state index contributed by atoms with van der Waals surface area (Å²) < 4.78 is 5.47. The van der Waals surface area contributed by atoms with Crippen molar-refractivity contribution < 1.29 is 9.66 Å². The van der Waals surface area contributed by atoms with Gasteiger partial charge in [0.15, 0.2) is 0 Å². The molecule has 0 fully saturated rings. The van der Waals surface area contributed by atoms with Crippen LogP contribution in [0.25, 0.3) is 0 Å². The summed E-state index contributed by atoms with van der Waals surface area (Å²) in [5, 5.41) is 13.8. The van der Waals surface area contributed by atoms with Crippen LogP contribution in [0.1, 0.15) is 6.42 Å². The Balaban J connectivity index is 2.11. The van der Waals surface area contributed by atoms with Crippen molar-refractivity contribution in [1.82, 2.24) is 10.2 Å². The molecule has 1 aromatic rings. The summed E-state index contributed by atoms with van der Waals surface area (Å²) in [6, 6.07) is 6.12. The average Bonchev–Trinajstić information content (AvgIpc) is 2.38. The predicted molar refractivity (Wildman–Crippen MR) is 74.6 cm³/mol. The van der Waals surface area contributed by atoms with Gasteiger partial charge in [0.05, 0.1) is 4.92 Å². The number of nitro groups is 1. The van der Waals surface area contributed by atoms with E-state index in [1.807, 2.05) is 0 Å². The Morgan fingerprint density at radius 3 is 2.53 bits per heavy atom. The van der Waals surface area contributed by atoms with Crippen LogP contribution in [-0.4, -0.2) is 50.2 Å². The van der Waals surface area contributed by atoms with Crippen LogP contribution in [0.3, 0.4) is 0 Å². The van der Waals surface area contributed by atoms with Crippen LogP contribution < -0.4 is 10.1 Å². The van der Waals surface area contributed by atoms with Gasteiger partial charge in [-0.1, -0.05) is 0 Å². The molecule has 0 atom stereocenters. The van der Waals surface area contributed by atoms with Gasteiger partial charge in [0, 0.05) is 18.7 Å². The van der Waals surface area contributed by atoms with Crippen LogP contribution in [0.15, 0.2) is 24.3 Å². The summed E-state index contributed by atoms with van der Waals surface area (Å²) in [4.78, 5) is 12.2. The quantitative estimate of drug-likeness (QED) is 0.417. The van der Waals surface area contributed by atoms with Gasteiger partial charge in [-0.15, -0.1) is 0 Å². The molecule has 0 aliphatic heterocycles. The molecular weight excluding hydrogens is 246 g/mol. The first-order chi connectivity index (χ1) is 9.09. The molecule has 1 N–H and O–H groups in total. The van der Waals surface area contributed by atoms with Crippen molar-refractivity contribution in [2.75, 3.05) is 40.3 Å². The van der Waals surface area contributed by atoms with Crippen molar-refractivity contribution in [3.05, 3.63) is 34.4 Å². The number of nitrogens with one attached hydrogen (secondary N) is 1. The van der Waals surface area contributed by atoms with Crippen molar-refractivity contribution >= 4 is 5.69 Å². The largest absolute Gasteiger partial charge is 0.492 e. The van der Waals surface area contributed by atoms with Gasteiger partial charge in [0.1, 0.15) is 12.4 Å². The second kappa shape index (κ2) is 8.44. The van der Waals surface area contributed by atoms with E-state index in [1.54, 1.807) is 12.1 Å². The van der Waals surface area contributed by atoms with E-state index in [-0.39, 0.29) is 5.69 Å². The molecule has 0 saturated carbocycles. The number of hydrogen-bond donors (Lipinski definition) is 1. The molecule has 19 heavy (non-hydrogen) atoms. The van der Waals surface area contributed by atoms with E-state index in [0.717, 1.165) is 26.1 Å². The van der Waals surface area contributed by atoms with E-state index >= 15 is 0 Å². The van der Waals surface area contributed by atoms with Crippen molar-refractivity contribution in [2.24, 2.45) is 0 Å². The van der Waals surface area contributed by atoms with E-state index in [2.05, 4.69) is 24.3 Å². The van der Waals surface area contributed by atoms with Gasteiger partial charge in [0.25, 0.3) is 5.69 Å². The molecule has 0 radical (unpaired) electrons. The average molecular weight is 267 g/mol. The molecule has 6 heteroatoms. The highest BCUT2D eigenvalue weighted by atomic mass is 16.6. The van der Waals surface area contributed by atoms with Gasteiger partial charge in [0.2, 0.25) is 0 Å². The zero-order chi connectivity index (χ0) is 14.1. The summed E-state index contributed by atoms with van der Waals surface area (Å²) >= 11 is 0. The first-order valence-corrected chi connectivity index (χ1v) is 6.32. The molecule has 0 heterocycles. The molecule has 1 rings (SSSR count). The van der Waals surface area contributed by atoms with E-state index in [1.165, 1.54) is 12.1 Å². The summed E-state index contributed by atoms with van der Waals surface area (Å²) in [7, 11) is 4.11. The Hall–Kier alpha value is -1.66. The molecule has 1 aromatic carbocycles. The molecule has 0 aromatic heterocycles. The van der Waals surface area contributed by atoms with Gasteiger partial charge >= 0.3 is 0 Å². The molecule has 0 spiro atoms. The lowest BCUT2D eigenvalue weighted by molar-refractivity contribution is -0.384. The number of hydrogen-bond acceptors (Lipinski definition) is 5. The molecule has 0 aliphatic carbocycles. The lowest BCUT2D eigenvalue weighted by atomic mass is 10.3. The Bertz CT molecular complexity index is 379. The van der Waals surface area contributed by atoms with Crippen molar-refractivity contribution in [1.29, 1.82) is 0 Å². The Labute approximate surface area is 113 Å². The lowest BCUT2D eigenvalue weighted by Crippen LogP contribution is -2.25. The summed E-state index contributed by atoms with van der Waals surface area (Å²) in [6.45, 7) is 3.35. The van der Waals surface area contributed by atoms with Crippen molar-refractivity contribution in [3.63, 3.8) is 0 Å². The van der Waals surface area contributed by atoms with E-state index in [9.17, 15) is 10.1 Å². The topological polar surface area (TPSA) is 67.6 Å². The Kier molecular flexibility index (Phi) is 6.84. The minimum atomic E-state index is -0.421. The van der Waals surface area contributed by atoms with Crippen LogP contribution in [0.2, 0.25) is 0 Å². The van der Waals surface area contributed by atoms with Gasteiger partial charge in [-0.05, 0) is 45.7 Å². The second-order valence-electron chi connectivity index (χ2n) is 4.51. The zero-order valence-electron chi connectivity index (χ0n) is 11.5. The minimum Gasteiger partial charge on any atom is -0.492 e. The van der Waals surface area contributed by atoms with Crippen molar-refractivity contribution in [2.45, 2.75) is 6.42 Å². The third-order valence-electron chi connectivity index (χ3n) is 2.55. The first kappa shape index (κ1) is 15.4. The van der Waals surface area contributed by atoms with Gasteiger partial charge in [-0.2, -0.15) is 0 Å². The van der Waals surface area contributed by atoms with E-state index < -0.39 is 4.92 Å². The Morgan fingerprint density at radius 1 is 1.26 bits per heavy atom. The smallest absolute Gasteiger partial charge is 0.269 e. The number of ether oxygens (including phenoxy) is 1. The SMILES string of the molecule is CN(C)CCCNCCOc1ccc([N+](=O)[O-])cc1. The minimum absolute atomic E-state index is 0.0779. The van der Waals surface area contributed by atoms with Gasteiger partial charge < -0.3 is 15.0 Å². The standard InChI is InChI=1S/C13H21N3O3/c1-15(2)10-3-8-14-9-11-19-13-6-4-12(5-7-13)16(17)18/h4-7,14H,3,8-11H2,1-2H3. The van der Waals surface area contributed by atoms with Crippen LogP contribution >= 0.6 is 0 Å². The van der Waals surface area contributed by atoms with Crippen LogP contribution in [0.4, 0.5) is 5.69 Å². The maximum absolute atomic E-state index is 10.5. The third-order valence-corrected chi connectivity index (χ3v) is 2.55. The number of rotatable bonds is 9. The molecular formula is C13H21N3O3. The normalized spacial score (nSPS) is 10.7. The number of nitrogens with zero attached hydrogens (tertiary/aromatic N) is 2. The summed E-state index contributed by atoms with van der Waals surface area (Å²) in [6.07, 6.45) is 1.10. The number of non-ortho nitro benzene ring substituents is 1. The predicted octanol–water partition coefficient (Wildman–Crippen LogP) is 1.51. The first-order valence-electron chi connectivity index (χ1n) is 6.32. The highest BCUT2D eigenvalue weighted by molar-refractivity contribution is 5.35.